The highest BCUT2D eigenvalue weighted by molar-refractivity contribution is 5.85. The van der Waals surface area contributed by atoms with Crippen LogP contribution in [0.5, 0.6) is 11.5 Å². The summed E-state index contributed by atoms with van der Waals surface area (Å²) in [4.78, 5) is 21.6. The minimum absolute atomic E-state index is 0.0817. The standard InChI is InChI=1S/C15H16O10/c16-7-3-6(1-2-9(17)18)4-8(5-7)24-15-12(21)10(19)11(20)13(25-15)14(22)23/h1-5,10-13,15-16,19-21H,(H,17,18)(H,22,23)/b2-1+/t10-,11?,12?,13-,15+/m1/s1. The van der Waals surface area contributed by atoms with E-state index in [1.165, 1.54) is 18.2 Å². The normalized spacial score (nSPS) is 29.5. The first-order valence-corrected chi connectivity index (χ1v) is 7.03. The Morgan fingerprint density at radius 2 is 1.72 bits per heavy atom. The van der Waals surface area contributed by atoms with Crippen LogP contribution in [-0.4, -0.2) is 73.3 Å². The molecule has 0 spiro atoms. The van der Waals surface area contributed by atoms with E-state index in [-0.39, 0.29) is 17.1 Å². The summed E-state index contributed by atoms with van der Waals surface area (Å²) >= 11 is 0. The first-order chi connectivity index (χ1) is 11.7. The maximum Gasteiger partial charge on any atom is 0.335 e. The zero-order chi connectivity index (χ0) is 18.7. The minimum atomic E-state index is -1.86. The Morgan fingerprint density at radius 3 is 2.32 bits per heavy atom. The van der Waals surface area contributed by atoms with Gasteiger partial charge in [-0.25, -0.2) is 9.59 Å². The van der Waals surface area contributed by atoms with E-state index >= 15 is 0 Å². The van der Waals surface area contributed by atoms with Gasteiger partial charge in [0.15, 0.2) is 6.10 Å². The Kier molecular flexibility index (Phi) is 5.59. The van der Waals surface area contributed by atoms with Gasteiger partial charge in [0.25, 0.3) is 0 Å². The van der Waals surface area contributed by atoms with Crippen molar-refractivity contribution in [3.8, 4) is 11.5 Å². The number of benzene rings is 1. The number of phenolic OH excluding ortho intramolecular Hbond substituents is 1. The van der Waals surface area contributed by atoms with Crippen molar-refractivity contribution < 1.29 is 49.7 Å². The molecule has 6 N–H and O–H groups in total. The second-order valence-electron chi connectivity index (χ2n) is 5.28. The SMILES string of the molecule is O=C(O)/C=C/c1cc(O)cc(O[C@H]2O[C@@H](C(=O)O)C(O)[C@@H](O)C2O)c1. The van der Waals surface area contributed by atoms with E-state index < -0.39 is 42.6 Å². The van der Waals surface area contributed by atoms with Gasteiger partial charge >= 0.3 is 11.9 Å². The van der Waals surface area contributed by atoms with Gasteiger partial charge in [-0.2, -0.15) is 0 Å². The van der Waals surface area contributed by atoms with E-state index in [1.54, 1.807) is 0 Å². The van der Waals surface area contributed by atoms with Gasteiger partial charge in [0.2, 0.25) is 6.29 Å². The van der Waals surface area contributed by atoms with Crippen LogP contribution in [0.3, 0.4) is 0 Å². The molecule has 1 saturated heterocycles. The van der Waals surface area contributed by atoms with Crippen molar-refractivity contribution in [3.63, 3.8) is 0 Å². The zero-order valence-corrected chi connectivity index (χ0v) is 12.6. The molecular weight excluding hydrogens is 340 g/mol. The number of carboxylic acids is 2. The van der Waals surface area contributed by atoms with Crippen LogP contribution in [0.4, 0.5) is 0 Å². The summed E-state index contributed by atoms with van der Waals surface area (Å²) in [6.07, 6.45) is -6.92. The van der Waals surface area contributed by atoms with Gasteiger partial charge < -0.3 is 40.1 Å². The summed E-state index contributed by atoms with van der Waals surface area (Å²) in [6, 6.07) is 3.65. The van der Waals surface area contributed by atoms with E-state index in [4.69, 9.17) is 19.7 Å². The molecule has 0 radical (unpaired) electrons. The molecule has 0 aromatic heterocycles. The molecule has 25 heavy (non-hydrogen) atoms. The molecule has 0 bridgehead atoms. The lowest BCUT2D eigenvalue weighted by Gasteiger charge is -2.38. The summed E-state index contributed by atoms with van der Waals surface area (Å²) in [5.41, 5.74) is 0.248. The fraction of sp³-hybridized carbons (Fsp3) is 0.333. The Bertz CT molecular complexity index is 685. The number of carboxylic acid groups (broad SMARTS) is 2. The predicted octanol–water partition coefficient (Wildman–Crippen LogP) is -1.24. The zero-order valence-electron chi connectivity index (χ0n) is 12.6. The Morgan fingerprint density at radius 1 is 1.04 bits per heavy atom. The number of aliphatic hydroxyl groups excluding tert-OH is 3. The molecule has 1 aromatic carbocycles. The quantitative estimate of drug-likeness (QED) is 0.350. The number of aliphatic carboxylic acids is 2. The average Bonchev–Trinajstić information content (AvgIpc) is 2.52. The molecule has 1 aliphatic heterocycles. The maximum atomic E-state index is 11.0. The van der Waals surface area contributed by atoms with E-state index in [1.807, 2.05) is 0 Å². The molecule has 0 saturated carbocycles. The van der Waals surface area contributed by atoms with Crippen LogP contribution in [0.15, 0.2) is 24.3 Å². The van der Waals surface area contributed by atoms with Crippen LogP contribution in [0, 0.1) is 0 Å². The average molecular weight is 356 g/mol. The minimum Gasteiger partial charge on any atom is -0.508 e. The molecule has 136 valence electrons. The summed E-state index contributed by atoms with van der Waals surface area (Å²) in [6.45, 7) is 0. The summed E-state index contributed by atoms with van der Waals surface area (Å²) in [5, 5.41) is 56.4. The predicted molar refractivity (Wildman–Crippen MR) is 79.7 cm³/mol. The van der Waals surface area contributed by atoms with Crippen molar-refractivity contribution in [1.82, 2.24) is 0 Å². The molecule has 2 unspecified atom stereocenters. The van der Waals surface area contributed by atoms with E-state index in [2.05, 4.69) is 0 Å². The lowest BCUT2D eigenvalue weighted by molar-refractivity contribution is -0.271. The van der Waals surface area contributed by atoms with E-state index in [0.717, 1.165) is 12.1 Å². The van der Waals surface area contributed by atoms with Crippen molar-refractivity contribution in [3.05, 3.63) is 29.8 Å². The molecule has 1 fully saturated rings. The van der Waals surface area contributed by atoms with Gasteiger partial charge in [0.05, 0.1) is 0 Å². The number of hydrogen-bond acceptors (Lipinski definition) is 8. The Balaban J connectivity index is 2.22. The van der Waals surface area contributed by atoms with Crippen molar-refractivity contribution >= 4 is 18.0 Å². The van der Waals surface area contributed by atoms with Gasteiger partial charge in [-0.1, -0.05) is 0 Å². The highest BCUT2D eigenvalue weighted by Crippen LogP contribution is 2.28. The summed E-state index contributed by atoms with van der Waals surface area (Å²) < 4.78 is 10.2. The number of phenols is 1. The Labute approximate surface area is 140 Å². The highest BCUT2D eigenvalue weighted by atomic mass is 16.7. The topological polar surface area (TPSA) is 174 Å². The number of rotatable bonds is 5. The van der Waals surface area contributed by atoms with Crippen LogP contribution >= 0.6 is 0 Å². The third kappa shape index (κ3) is 4.45. The smallest absolute Gasteiger partial charge is 0.335 e. The van der Waals surface area contributed by atoms with Gasteiger partial charge in [0, 0.05) is 12.1 Å². The van der Waals surface area contributed by atoms with Crippen molar-refractivity contribution in [2.45, 2.75) is 30.7 Å². The molecule has 2 rings (SSSR count). The largest absolute Gasteiger partial charge is 0.508 e. The number of carbonyl (C=O) groups is 2. The molecular formula is C15H16O10. The van der Waals surface area contributed by atoms with Crippen molar-refractivity contribution in [2.24, 2.45) is 0 Å². The molecule has 10 heteroatoms. The summed E-state index contributed by atoms with van der Waals surface area (Å²) in [7, 11) is 0. The van der Waals surface area contributed by atoms with Gasteiger partial charge in [-0.05, 0) is 23.8 Å². The number of ether oxygens (including phenoxy) is 2. The second-order valence-corrected chi connectivity index (χ2v) is 5.28. The molecule has 1 aromatic rings. The molecule has 0 amide bonds. The first-order valence-electron chi connectivity index (χ1n) is 7.03. The highest BCUT2D eigenvalue weighted by Gasteiger charge is 2.48. The second kappa shape index (κ2) is 7.49. The first kappa shape index (κ1) is 18.7. The van der Waals surface area contributed by atoms with Gasteiger partial charge in [-0.15, -0.1) is 0 Å². The number of aliphatic hydroxyl groups is 3. The third-order valence-corrected chi connectivity index (χ3v) is 3.40. The Hall–Kier alpha value is -2.66. The van der Waals surface area contributed by atoms with Crippen molar-refractivity contribution in [2.75, 3.05) is 0 Å². The fourth-order valence-electron chi connectivity index (χ4n) is 2.22. The molecule has 1 heterocycles. The van der Waals surface area contributed by atoms with Crippen LogP contribution in [-0.2, 0) is 14.3 Å². The molecule has 10 nitrogen and oxygen atoms in total. The monoisotopic (exact) mass is 356 g/mol. The van der Waals surface area contributed by atoms with Crippen LogP contribution in [0.25, 0.3) is 6.08 Å². The van der Waals surface area contributed by atoms with E-state index in [9.17, 15) is 30.0 Å². The van der Waals surface area contributed by atoms with Gasteiger partial charge in [-0.3, -0.25) is 0 Å². The van der Waals surface area contributed by atoms with Crippen LogP contribution in [0.1, 0.15) is 5.56 Å². The maximum absolute atomic E-state index is 11.0. The lowest BCUT2D eigenvalue weighted by atomic mass is 9.99. The number of aromatic hydroxyl groups is 1. The number of hydrogen-bond donors (Lipinski definition) is 6. The molecule has 1 aliphatic rings. The van der Waals surface area contributed by atoms with Crippen LogP contribution < -0.4 is 4.74 Å². The molecule has 0 aliphatic carbocycles. The van der Waals surface area contributed by atoms with Crippen LogP contribution in [0.2, 0.25) is 0 Å². The third-order valence-electron chi connectivity index (χ3n) is 3.40. The summed E-state index contributed by atoms with van der Waals surface area (Å²) in [5.74, 6) is -3.14. The molecule has 5 atom stereocenters. The van der Waals surface area contributed by atoms with Crippen molar-refractivity contribution in [1.29, 1.82) is 0 Å². The van der Waals surface area contributed by atoms with E-state index in [0.29, 0.717) is 0 Å². The fourth-order valence-corrected chi connectivity index (χ4v) is 2.22. The lowest BCUT2D eigenvalue weighted by Crippen LogP contribution is -2.61. The van der Waals surface area contributed by atoms with Gasteiger partial charge in [0.1, 0.15) is 29.8 Å².